The third-order valence-corrected chi connectivity index (χ3v) is 3.90. The number of rotatable bonds is 3. The summed E-state index contributed by atoms with van der Waals surface area (Å²) in [6, 6.07) is 3.77. The predicted octanol–water partition coefficient (Wildman–Crippen LogP) is 2.40. The maximum Gasteiger partial charge on any atom is 0.137 e. The third-order valence-electron chi connectivity index (χ3n) is 3.68. The number of likely N-dealkylation sites (tertiary alicyclic amines) is 1. The van der Waals surface area contributed by atoms with E-state index in [4.69, 9.17) is 11.6 Å². The van der Waals surface area contributed by atoms with Crippen molar-refractivity contribution in [2.24, 2.45) is 5.92 Å². The number of pyridine rings is 1. The van der Waals surface area contributed by atoms with Crippen LogP contribution in [-0.2, 0) is 11.3 Å². The van der Waals surface area contributed by atoms with Gasteiger partial charge in [-0.25, -0.2) is 4.98 Å². The summed E-state index contributed by atoms with van der Waals surface area (Å²) in [7, 11) is 0. The molecule has 0 atom stereocenters. The van der Waals surface area contributed by atoms with Crippen LogP contribution in [0.2, 0.25) is 5.02 Å². The number of aromatic nitrogens is 2. The summed E-state index contributed by atoms with van der Waals surface area (Å²) in [6.45, 7) is 2.78. The Hall–Kier alpha value is -1.39. The minimum atomic E-state index is 0.246. The van der Waals surface area contributed by atoms with Crippen LogP contribution in [0.5, 0.6) is 0 Å². The van der Waals surface area contributed by atoms with Crippen LogP contribution >= 0.6 is 11.6 Å². The summed E-state index contributed by atoms with van der Waals surface area (Å²) in [6.07, 6.45) is 6.90. The fraction of sp³-hybridized carbons (Fsp3) is 0.429. The molecule has 0 amide bonds. The van der Waals surface area contributed by atoms with Crippen LogP contribution in [0.3, 0.4) is 0 Å². The number of piperidine rings is 1. The van der Waals surface area contributed by atoms with Crippen molar-refractivity contribution in [1.29, 1.82) is 0 Å². The topological polar surface area (TPSA) is 37.6 Å². The molecule has 0 spiro atoms. The number of carbonyl (C=O) groups is 1. The second kappa shape index (κ2) is 5.31. The van der Waals surface area contributed by atoms with E-state index in [1.54, 1.807) is 0 Å². The van der Waals surface area contributed by atoms with Gasteiger partial charge in [0.1, 0.15) is 11.9 Å². The smallest absolute Gasteiger partial charge is 0.137 e. The van der Waals surface area contributed by atoms with Gasteiger partial charge in [-0.1, -0.05) is 11.6 Å². The monoisotopic (exact) mass is 277 g/mol. The van der Waals surface area contributed by atoms with Gasteiger partial charge in [0.2, 0.25) is 0 Å². The number of aldehydes is 1. The SMILES string of the molecule is O=CC1CCN(Cc2cn3cc(Cl)ccc3n2)CC1. The van der Waals surface area contributed by atoms with Gasteiger partial charge in [-0.15, -0.1) is 0 Å². The fourth-order valence-corrected chi connectivity index (χ4v) is 2.74. The van der Waals surface area contributed by atoms with Crippen molar-refractivity contribution in [3.05, 3.63) is 35.2 Å². The summed E-state index contributed by atoms with van der Waals surface area (Å²) in [5.74, 6) is 0.246. The highest BCUT2D eigenvalue weighted by atomic mass is 35.5. The van der Waals surface area contributed by atoms with Crippen LogP contribution in [-0.4, -0.2) is 33.7 Å². The molecule has 2 aromatic heterocycles. The Morgan fingerprint density at radius 1 is 1.32 bits per heavy atom. The Morgan fingerprint density at radius 3 is 2.84 bits per heavy atom. The lowest BCUT2D eigenvalue weighted by Crippen LogP contribution is -2.33. The number of hydrogen-bond acceptors (Lipinski definition) is 3. The Morgan fingerprint density at radius 2 is 2.11 bits per heavy atom. The molecule has 1 fully saturated rings. The summed E-state index contributed by atoms with van der Waals surface area (Å²) < 4.78 is 1.95. The second-order valence-electron chi connectivity index (χ2n) is 5.09. The van der Waals surface area contributed by atoms with Crippen LogP contribution in [0.4, 0.5) is 0 Å². The highest BCUT2D eigenvalue weighted by molar-refractivity contribution is 6.30. The number of nitrogens with zero attached hydrogens (tertiary/aromatic N) is 3. The zero-order chi connectivity index (χ0) is 13.2. The average molecular weight is 278 g/mol. The first-order chi connectivity index (χ1) is 9.24. The zero-order valence-corrected chi connectivity index (χ0v) is 11.4. The molecule has 2 aromatic rings. The van der Waals surface area contributed by atoms with Crippen molar-refractivity contribution < 1.29 is 4.79 Å². The van der Waals surface area contributed by atoms with Gasteiger partial charge >= 0.3 is 0 Å². The van der Waals surface area contributed by atoms with Gasteiger partial charge in [-0.3, -0.25) is 4.90 Å². The van der Waals surface area contributed by atoms with Crippen LogP contribution in [0.15, 0.2) is 24.5 Å². The van der Waals surface area contributed by atoms with Crippen LogP contribution < -0.4 is 0 Å². The number of carbonyl (C=O) groups excluding carboxylic acids is 1. The van der Waals surface area contributed by atoms with Crippen molar-refractivity contribution in [3.8, 4) is 0 Å². The normalized spacial score (nSPS) is 17.9. The Bertz CT molecular complexity index is 587. The first-order valence-corrected chi connectivity index (χ1v) is 6.93. The number of imidazole rings is 1. The Kier molecular flexibility index (Phi) is 3.53. The van der Waals surface area contributed by atoms with E-state index in [0.29, 0.717) is 5.02 Å². The third kappa shape index (κ3) is 2.80. The number of hydrogen-bond donors (Lipinski definition) is 0. The number of fused-ring (bicyclic) bond motifs is 1. The van der Waals surface area contributed by atoms with Gasteiger partial charge in [0, 0.05) is 24.9 Å². The summed E-state index contributed by atoms with van der Waals surface area (Å²) in [5, 5.41) is 0.711. The average Bonchev–Trinajstić information content (AvgIpc) is 2.81. The molecule has 3 rings (SSSR count). The molecular formula is C14H16ClN3O. The van der Waals surface area contributed by atoms with Crippen molar-refractivity contribution in [1.82, 2.24) is 14.3 Å². The van der Waals surface area contributed by atoms with Gasteiger partial charge in [0.25, 0.3) is 0 Å². The van der Waals surface area contributed by atoms with E-state index in [1.165, 1.54) is 0 Å². The van der Waals surface area contributed by atoms with Crippen LogP contribution in [0.1, 0.15) is 18.5 Å². The molecule has 0 aromatic carbocycles. The maximum atomic E-state index is 10.7. The highest BCUT2D eigenvalue weighted by Gasteiger charge is 2.19. The van der Waals surface area contributed by atoms with E-state index >= 15 is 0 Å². The molecule has 0 bridgehead atoms. The van der Waals surface area contributed by atoms with Gasteiger partial charge in [0.15, 0.2) is 0 Å². The number of halogens is 1. The minimum absolute atomic E-state index is 0.246. The molecule has 19 heavy (non-hydrogen) atoms. The molecule has 0 N–H and O–H groups in total. The lowest BCUT2D eigenvalue weighted by molar-refractivity contribution is -0.112. The van der Waals surface area contributed by atoms with E-state index in [9.17, 15) is 4.79 Å². The first-order valence-electron chi connectivity index (χ1n) is 6.55. The highest BCUT2D eigenvalue weighted by Crippen LogP contribution is 2.18. The molecule has 1 aliphatic rings. The van der Waals surface area contributed by atoms with E-state index < -0.39 is 0 Å². The standard InChI is InChI=1S/C14H16ClN3O/c15-12-1-2-14-16-13(9-18(14)7-12)8-17-5-3-11(10-19)4-6-17/h1-2,7,9-11H,3-6,8H2. The fourth-order valence-electron chi connectivity index (χ4n) is 2.57. The van der Waals surface area contributed by atoms with Crippen molar-refractivity contribution in [2.45, 2.75) is 19.4 Å². The van der Waals surface area contributed by atoms with E-state index in [0.717, 1.165) is 50.1 Å². The molecule has 1 aliphatic heterocycles. The second-order valence-corrected chi connectivity index (χ2v) is 5.53. The zero-order valence-electron chi connectivity index (χ0n) is 10.6. The molecule has 100 valence electrons. The predicted molar refractivity (Wildman–Crippen MR) is 74.3 cm³/mol. The van der Waals surface area contributed by atoms with E-state index in [1.807, 2.05) is 28.9 Å². The molecular weight excluding hydrogens is 262 g/mol. The lowest BCUT2D eigenvalue weighted by Gasteiger charge is -2.28. The van der Waals surface area contributed by atoms with Gasteiger partial charge in [0.05, 0.1) is 10.7 Å². The molecule has 0 radical (unpaired) electrons. The Labute approximate surface area is 117 Å². The van der Waals surface area contributed by atoms with Crippen LogP contribution in [0.25, 0.3) is 5.65 Å². The van der Waals surface area contributed by atoms with Gasteiger partial charge in [-0.05, 0) is 38.1 Å². The summed E-state index contributed by atoms with van der Waals surface area (Å²) in [5.41, 5.74) is 1.97. The minimum Gasteiger partial charge on any atom is -0.305 e. The quantitative estimate of drug-likeness (QED) is 0.809. The van der Waals surface area contributed by atoms with E-state index in [2.05, 4.69) is 9.88 Å². The first kappa shape index (κ1) is 12.6. The van der Waals surface area contributed by atoms with Crippen LogP contribution in [0, 0.1) is 5.92 Å². The Balaban J connectivity index is 1.70. The summed E-state index contributed by atoms with van der Waals surface area (Å²) >= 11 is 5.96. The molecule has 0 saturated carbocycles. The lowest BCUT2D eigenvalue weighted by atomic mass is 9.99. The molecule has 0 unspecified atom stereocenters. The van der Waals surface area contributed by atoms with Gasteiger partial charge < -0.3 is 9.20 Å². The van der Waals surface area contributed by atoms with Crippen molar-refractivity contribution in [2.75, 3.05) is 13.1 Å². The maximum absolute atomic E-state index is 10.7. The summed E-state index contributed by atoms with van der Waals surface area (Å²) in [4.78, 5) is 17.7. The van der Waals surface area contributed by atoms with Crippen molar-refractivity contribution >= 4 is 23.5 Å². The van der Waals surface area contributed by atoms with E-state index in [-0.39, 0.29) is 5.92 Å². The molecule has 3 heterocycles. The molecule has 0 aliphatic carbocycles. The molecule has 1 saturated heterocycles. The molecule has 4 nitrogen and oxygen atoms in total. The van der Waals surface area contributed by atoms with Crippen molar-refractivity contribution in [3.63, 3.8) is 0 Å². The van der Waals surface area contributed by atoms with Gasteiger partial charge in [-0.2, -0.15) is 0 Å². The largest absolute Gasteiger partial charge is 0.305 e. The molecule has 5 heteroatoms.